The number of ether oxygens (including phenoxy) is 1. The predicted molar refractivity (Wildman–Crippen MR) is 105 cm³/mol. The lowest BCUT2D eigenvalue weighted by molar-refractivity contribution is -0.138. The molecule has 0 aromatic carbocycles. The Morgan fingerprint density at radius 2 is 1.79 bits per heavy atom. The molecule has 0 atom stereocenters. The van der Waals surface area contributed by atoms with Crippen molar-refractivity contribution in [2.75, 3.05) is 12.4 Å². The number of carbonyl (C=O) groups excluding carboxylic acids is 2. The van der Waals surface area contributed by atoms with Crippen LogP contribution in [0, 0.1) is 0 Å². The van der Waals surface area contributed by atoms with Gasteiger partial charge < -0.3 is 15.2 Å². The third kappa shape index (κ3) is 15.8. The molecule has 10 heteroatoms. The molecule has 0 unspecified atom stereocenters. The average Bonchev–Trinajstić information content (AvgIpc) is 2.52. The highest BCUT2D eigenvalue weighted by atomic mass is 32.2. The second-order valence-electron chi connectivity index (χ2n) is 6.45. The van der Waals surface area contributed by atoms with Gasteiger partial charge in [-0.3, -0.25) is 9.35 Å². The zero-order valence-corrected chi connectivity index (χ0v) is 17.5. The van der Waals surface area contributed by atoms with E-state index < -0.39 is 39.3 Å². The van der Waals surface area contributed by atoms with E-state index in [-0.39, 0.29) is 11.1 Å². The molecular weight excluding hydrogens is 390 g/mol. The highest BCUT2D eigenvalue weighted by Gasteiger charge is 2.25. The molecule has 9 nitrogen and oxygen atoms in total. The van der Waals surface area contributed by atoms with Crippen LogP contribution in [0.15, 0.2) is 36.5 Å². The smallest absolute Gasteiger partial charge is 0.337 e. The first-order valence-corrected chi connectivity index (χ1v) is 9.93. The molecule has 0 aliphatic carbocycles. The van der Waals surface area contributed by atoms with Crippen molar-refractivity contribution in [1.29, 1.82) is 0 Å². The first kappa shape index (κ1) is 27.8. The minimum absolute atomic E-state index is 0.0611. The molecule has 1 amide bonds. The van der Waals surface area contributed by atoms with Gasteiger partial charge in [0.05, 0.1) is 23.5 Å². The van der Waals surface area contributed by atoms with Crippen molar-refractivity contribution < 1.29 is 37.2 Å². The number of unbranched alkanes of at least 4 members (excludes halogenated alkanes) is 1. The van der Waals surface area contributed by atoms with E-state index in [1.807, 2.05) is 6.92 Å². The zero-order chi connectivity index (χ0) is 22.5. The van der Waals surface area contributed by atoms with Gasteiger partial charge in [-0.1, -0.05) is 26.5 Å². The van der Waals surface area contributed by atoms with Crippen molar-refractivity contribution in [3.8, 4) is 0 Å². The van der Waals surface area contributed by atoms with Crippen LogP contribution in [0.1, 0.15) is 40.5 Å². The van der Waals surface area contributed by atoms with Crippen molar-refractivity contribution >= 4 is 28.0 Å². The number of carboxylic acid groups (broad SMARTS) is 1. The van der Waals surface area contributed by atoms with E-state index >= 15 is 0 Å². The summed E-state index contributed by atoms with van der Waals surface area (Å²) in [5.74, 6) is -2.64. The van der Waals surface area contributed by atoms with Gasteiger partial charge in [0.2, 0.25) is 5.91 Å². The maximum absolute atomic E-state index is 11.2. The van der Waals surface area contributed by atoms with Crippen molar-refractivity contribution in [1.82, 2.24) is 5.32 Å². The van der Waals surface area contributed by atoms with Gasteiger partial charge in [-0.05, 0) is 39.3 Å². The van der Waals surface area contributed by atoms with Crippen molar-refractivity contribution in [3.63, 3.8) is 0 Å². The molecule has 0 saturated carbocycles. The summed E-state index contributed by atoms with van der Waals surface area (Å²) in [5, 5.41) is 10.9. The Morgan fingerprint density at radius 1 is 1.25 bits per heavy atom. The van der Waals surface area contributed by atoms with Gasteiger partial charge in [0.1, 0.15) is 0 Å². The fourth-order valence-corrected chi connectivity index (χ4v) is 2.64. The van der Waals surface area contributed by atoms with Crippen LogP contribution in [-0.4, -0.2) is 53.8 Å². The largest absolute Gasteiger partial charge is 0.478 e. The van der Waals surface area contributed by atoms with Crippen LogP contribution in [0.5, 0.6) is 0 Å². The Balaban J connectivity index is 0. The second-order valence-corrected chi connectivity index (χ2v) is 7.90. The summed E-state index contributed by atoms with van der Waals surface area (Å²) >= 11 is 0. The monoisotopic (exact) mass is 419 g/mol. The van der Waals surface area contributed by atoms with Gasteiger partial charge in [-0.2, -0.15) is 8.42 Å². The minimum atomic E-state index is -4.08. The highest BCUT2D eigenvalue weighted by Crippen LogP contribution is 2.05. The number of carbonyl (C=O) groups is 3. The molecule has 0 aliphatic heterocycles. The van der Waals surface area contributed by atoms with E-state index in [4.69, 9.17) is 14.4 Å². The first-order chi connectivity index (χ1) is 12.6. The number of hydrogen-bond donors (Lipinski definition) is 3. The summed E-state index contributed by atoms with van der Waals surface area (Å²) in [5.41, 5.74) is -0.878. The summed E-state index contributed by atoms with van der Waals surface area (Å²) in [6.07, 6.45) is 3.97. The lowest BCUT2D eigenvalue weighted by Crippen LogP contribution is -2.47. The van der Waals surface area contributed by atoms with Gasteiger partial charge in [0.15, 0.2) is 0 Å². The Bertz CT molecular complexity index is 720. The molecule has 0 heterocycles. The lowest BCUT2D eigenvalue weighted by atomic mass is 10.1. The van der Waals surface area contributed by atoms with E-state index in [1.165, 1.54) is 26.8 Å². The molecule has 0 fully saturated rings. The maximum atomic E-state index is 11.2. The SMILES string of the molecule is C=C(C=C(C)C(=O)O)C(=O)OCCCC.C=CC(=O)NC(C)(C)CS(=O)(=O)O. The molecule has 0 saturated heterocycles. The van der Waals surface area contributed by atoms with Crippen LogP contribution in [0.2, 0.25) is 0 Å². The fraction of sp³-hybridized carbons (Fsp3) is 0.500. The molecule has 0 bridgehead atoms. The zero-order valence-electron chi connectivity index (χ0n) is 16.6. The number of amides is 1. The van der Waals surface area contributed by atoms with Gasteiger partial charge in [-0.15, -0.1) is 0 Å². The minimum Gasteiger partial charge on any atom is -0.478 e. The molecule has 0 aromatic rings. The van der Waals surface area contributed by atoms with Crippen LogP contribution in [0.3, 0.4) is 0 Å². The van der Waals surface area contributed by atoms with E-state index in [0.717, 1.165) is 18.9 Å². The molecule has 0 aromatic heterocycles. The fourth-order valence-electron chi connectivity index (χ4n) is 1.66. The van der Waals surface area contributed by atoms with Crippen molar-refractivity contribution in [3.05, 3.63) is 36.5 Å². The quantitative estimate of drug-likeness (QED) is 0.160. The molecular formula is C18H29NO8S. The van der Waals surface area contributed by atoms with Gasteiger partial charge in [-0.25, -0.2) is 9.59 Å². The number of rotatable bonds is 10. The highest BCUT2D eigenvalue weighted by molar-refractivity contribution is 7.85. The number of nitrogens with one attached hydrogen (secondary N) is 1. The van der Waals surface area contributed by atoms with E-state index in [2.05, 4.69) is 18.5 Å². The number of aliphatic carboxylic acids is 1. The molecule has 3 N–H and O–H groups in total. The van der Waals surface area contributed by atoms with Gasteiger partial charge in [0.25, 0.3) is 10.1 Å². The van der Waals surface area contributed by atoms with Gasteiger partial charge in [0, 0.05) is 5.57 Å². The Hall–Kier alpha value is -2.46. The van der Waals surface area contributed by atoms with Crippen LogP contribution in [0.25, 0.3) is 0 Å². The third-order valence-electron chi connectivity index (χ3n) is 2.91. The number of esters is 1. The van der Waals surface area contributed by atoms with Crippen molar-refractivity contribution in [2.24, 2.45) is 0 Å². The van der Waals surface area contributed by atoms with Crippen LogP contribution < -0.4 is 5.32 Å². The summed E-state index contributed by atoms with van der Waals surface area (Å²) in [7, 11) is -4.08. The Morgan fingerprint density at radius 3 is 2.18 bits per heavy atom. The molecule has 0 rings (SSSR count). The molecule has 0 spiro atoms. The second kappa shape index (κ2) is 12.8. The lowest BCUT2D eigenvalue weighted by Gasteiger charge is -2.23. The maximum Gasteiger partial charge on any atom is 0.337 e. The van der Waals surface area contributed by atoms with E-state index in [1.54, 1.807) is 0 Å². The molecule has 160 valence electrons. The van der Waals surface area contributed by atoms with Gasteiger partial charge >= 0.3 is 11.9 Å². The van der Waals surface area contributed by atoms with E-state index in [0.29, 0.717) is 6.61 Å². The van der Waals surface area contributed by atoms with Crippen LogP contribution in [-0.2, 0) is 29.2 Å². The Labute approximate surface area is 165 Å². The standard InChI is InChI=1S/C11H16O4.C7H13NO4S/c1-4-5-6-15-11(14)9(3)7-8(2)10(12)13;1-4-6(9)8-7(2,3)5-13(10,11)12/h7H,3-6H2,1-2H3,(H,12,13);4H,1,5H2,2-3H3,(H,8,9)(H,10,11,12). The molecule has 0 aliphatic rings. The number of hydrogen-bond acceptors (Lipinski definition) is 6. The summed E-state index contributed by atoms with van der Waals surface area (Å²) in [4.78, 5) is 32.5. The molecule has 28 heavy (non-hydrogen) atoms. The van der Waals surface area contributed by atoms with Crippen LogP contribution >= 0.6 is 0 Å². The Kier molecular flexibility index (Phi) is 12.7. The first-order valence-electron chi connectivity index (χ1n) is 8.32. The number of carboxylic acids is 1. The normalized spacial score (nSPS) is 11.5. The summed E-state index contributed by atoms with van der Waals surface area (Å²) < 4.78 is 34.4. The molecule has 0 radical (unpaired) electrons. The summed E-state index contributed by atoms with van der Waals surface area (Å²) in [6, 6.07) is 0. The van der Waals surface area contributed by atoms with E-state index in [9.17, 15) is 22.8 Å². The predicted octanol–water partition coefficient (Wildman–Crippen LogP) is 1.87. The van der Waals surface area contributed by atoms with Crippen molar-refractivity contribution in [2.45, 2.75) is 46.1 Å². The average molecular weight is 419 g/mol. The van der Waals surface area contributed by atoms with Crippen LogP contribution in [0.4, 0.5) is 0 Å². The summed E-state index contributed by atoms with van der Waals surface area (Å²) in [6.45, 7) is 13.4. The third-order valence-corrected chi connectivity index (χ3v) is 4.00. The topological polar surface area (TPSA) is 147 Å².